The van der Waals surface area contributed by atoms with Gasteiger partial charge >= 0.3 is 0 Å². The maximum Gasteiger partial charge on any atom is 0.250 e. The van der Waals surface area contributed by atoms with E-state index in [0.717, 1.165) is 12.1 Å². The van der Waals surface area contributed by atoms with E-state index in [2.05, 4.69) is 5.32 Å². The number of fused-ring (bicyclic) bond motifs is 4. The Bertz CT molecular complexity index is 1300. The van der Waals surface area contributed by atoms with Gasteiger partial charge in [-0.3, -0.25) is 14.4 Å². The molecule has 0 radical (unpaired) electrons. The van der Waals surface area contributed by atoms with Gasteiger partial charge < -0.3 is 14.8 Å². The number of nitrogens with zero attached hydrogens (tertiary/aromatic N) is 3. The number of piperidine rings is 2. The van der Waals surface area contributed by atoms with Gasteiger partial charge in [0.2, 0.25) is 21.8 Å². The fourth-order valence-corrected chi connectivity index (χ4v) is 7.21. The number of aromatic nitrogens is 1. The molecule has 10 heteroatoms. The van der Waals surface area contributed by atoms with Crippen molar-refractivity contribution in [2.75, 3.05) is 31.5 Å². The molecule has 2 bridgehead atoms. The van der Waals surface area contributed by atoms with Crippen molar-refractivity contribution in [1.82, 2.24) is 13.8 Å². The fraction of sp³-hybridized carbons (Fsp3) is 0.480. The summed E-state index contributed by atoms with van der Waals surface area (Å²) in [5, 5.41) is 2.63. The van der Waals surface area contributed by atoms with E-state index in [4.69, 9.17) is 0 Å². The monoisotopic (exact) mass is 498 g/mol. The normalized spacial score (nSPS) is 22.9. The third-order valence-electron chi connectivity index (χ3n) is 7.41. The molecule has 2 atom stereocenters. The van der Waals surface area contributed by atoms with E-state index in [1.165, 1.54) is 23.4 Å². The molecule has 2 amide bonds. The van der Waals surface area contributed by atoms with Crippen molar-refractivity contribution < 1.29 is 18.0 Å². The summed E-state index contributed by atoms with van der Waals surface area (Å²) in [4.78, 5) is 38.9. The highest BCUT2D eigenvalue weighted by Gasteiger charge is 2.39. The smallest absolute Gasteiger partial charge is 0.250 e. The number of sulfonamides is 1. The lowest BCUT2D eigenvalue weighted by Gasteiger charge is -2.44. The minimum atomic E-state index is -3.67. The molecule has 0 aliphatic carbocycles. The Hall–Kier alpha value is -2.98. The summed E-state index contributed by atoms with van der Waals surface area (Å²) in [7, 11) is -3.67. The van der Waals surface area contributed by atoms with Gasteiger partial charge in [0.25, 0.3) is 5.56 Å². The molecule has 0 spiro atoms. The molecule has 0 unspecified atom stereocenters. The van der Waals surface area contributed by atoms with Crippen LogP contribution in [0.15, 0.2) is 52.2 Å². The molecule has 1 N–H and O–H groups in total. The molecule has 3 aliphatic rings. The summed E-state index contributed by atoms with van der Waals surface area (Å²) in [5.41, 5.74) is 1.58. The number of rotatable bonds is 4. The van der Waals surface area contributed by atoms with Crippen LogP contribution in [0.5, 0.6) is 0 Å². The van der Waals surface area contributed by atoms with Gasteiger partial charge in [-0.1, -0.05) is 6.07 Å². The van der Waals surface area contributed by atoms with Crippen LogP contribution in [0.1, 0.15) is 37.8 Å². The first-order chi connectivity index (χ1) is 16.7. The zero-order valence-electron chi connectivity index (χ0n) is 19.7. The predicted molar refractivity (Wildman–Crippen MR) is 130 cm³/mol. The van der Waals surface area contributed by atoms with Gasteiger partial charge in [-0.15, -0.1) is 0 Å². The quantitative estimate of drug-likeness (QED) is 0.692. The first kappa shape index (κ1) is 23.7. The van der Waals surface area contributed by atoms with Gasteiger partial charge in [-0.05, 0) is 55.5 Å². The summed E-state index contributed by atoms with van der Waals surface area (Å²) in [6.07, 6.45) is 1.97. The van der Waals surface area contributed by atoms with Crippen molar-refractivity contribution in [3.8, 4) is 0 Å². The van der Waals surface area contributed by atoms with Crippen molar-refractivity contribution in [2.24, 2.45) is 11.8 Å². The van der Waals surface area contributed by atoms with Crippen molar-refractivity contribution in [2.45, 2.75) is 43.5 Å². The average molecular weight is 499 g/mol. The lowest BCUT2D eigenvalue weighted by Crippen LogP contribution is -2.52. The average Bonchev–Trinajstić information content (AvgIpc) is 2.84. The van der Waals surface area contributed by atoms with E-state index in [0.29, 0.717) is 51.3 Å². The van der Waals surface area contributed by atoms with Gasteiger partial charge in [0.1, 0.15) is 0 Å². The maximum atomic E-state index is 13.4. The molecule has 2 aromatic rings. The Morgan fingerprint density at radius 1 is 0.971 bits per heavy atom. The molecule has 9 nitrogen and oxygen atoms in total. The van der Waals surface area contributed by atoms with Crippen LogP contribution in [0.4, 0.5) is 5.69 Å². The Balaban J connectivity index is 1.22. The van der Waals surface area contributed by atoms with Crippen LogP contribution in [-0.4, -0.2) is 60.2 Å². The molecular weight excluding hydrogens is 468 g/mol. The van der Waals surface area contributed by atoms with Crippen LogP contribution in [0, 0.1) is 11.8 Å². The summed E-state index contributed by atoms with van der Waals surface area (Å²) in [6, 6.07) is 11.5. The molecule has 2 saturated heterocycles. The van der Waals surface area contributed by atoms with Crippen LogP contribution >= 0.6 is 0 Å². The third-order valence-corrected chi connectivity index (χ3v) is 9.32. The summed E-state index contributed by atoms with van der Waals surface area (Å²) < 4.78 is 29.5. The number of carbonyl (C=O) groups excluding carboxylic acids is 2. The van der Waals surface area contributed by atoms with Gasteiger partial charge in [-0.2, -0.15) is 4.31 Å². The standard InChI is InChI=1S/C25H30N4O5S/c1-17(30)26-21-5-7-22(8-6-21)35(33,34)28-11-9-19(10-12-28)25(32)27-14-18-13-20(16-27)23-3-2-4-24(31)29(23)15-18/h2-8,18-20H,9-16H2,1H3,(H,26,30)/t18-,20+/m0/s1. The highest BCUT2D eigenvalue weighted by atomic mass is 32.2. The van der Waals surface area contributed by atoms with Crippen LogP contribution in [0.3, 0.4) is 0 Å². The van der Waals surface area contributed by atoms with Crippen LogP contribution in [0.25, 0.3) is 0 Å². The number of benzene rings is 1. The zero-order chi connectivity index (χ0) is 24.7. The number of carbonyl (C=O) groups is 2. The Labute approximate surface area is 204 Å². The van der Waals surface area contributed by atoms with E-state index in [1.54, 1.807) is 24.3 Å². The number of pyridine rings is 1. The van der Waals surface area contributed by atoms with Crippen molar-refractivity contribution in [3.63, 3.8) is 0 Å². The highest BCUT2D eigenvalue weighted by Crippen LogP contribution is 2.36. The number of likely N-dealkylation sites (tertiary alicyclic amines) is 1. The Kier molecular flexibility index (Phi) is 6.27. The fourth-order valence-electron chi connectivity index (χ4n) is 5.74. The molecule has 1 aromatic heterocycles. The van der Waals surface area contributed by atoms with Crippen molar-refractivity contribution in [1.29, 1.82) is 0 Å². The van der Waals surface area contributed by atoms with E-state index < -0.39 is 10.0 Å². The molecule has 0 saturated carbocycles. The van der Waals surface area contributed by atoms with E-state index in [1.807, 2.05) is 15.5 Å². The Morgan fingerprint density at radius 3 is 2.37 bits per heavy atom. The van der Waals surface area contributed by atoms with E-state index >= 15 is 0 Å². The molecule has 5 rings (SSSR count). The van der Waals surface area contributed by atoms with Crippen LogP contribution in [-0.2, 0) is 26.2 Å². The highest BCUT2D eigenvalue weighted by molar-refractivity contribution is 7.89. The molecule has 2 fully saturated rings. The SMILES string of the molecule is CC(=O)Nc1ccc(S(=O)(=O)N2CCC(C(=O)N3C[C@@H]4C[C@H](C3)c3cccc(=O)n3C4)CC2)cc1. The number of anilines is 1. The zero-order valence-corrected chi connectivity index (χ0v) is 20.5. The maximum absolute atomic E-state index is 13.4. The summed E-state index contributed by atoms with van der Waals surface area (Å²) in [6.45, 7) is 3.89. The van der Waals surface area contributed by atoms with Gasteiger partial charge in [0, 0.05) is 68.9 Å². The lowest BCUT2D eigenvalue weighted by atomic mass is 9.82. The lowest BCUT2D eigenvalue weighted by molar-refractivity contribution is -0.139. The number of amides is 2. The number of nitrogens with one attached hydrogen (secondary N) is 1. The molecule has 4 heterocycles. The summed E-state index contributed by atoms with van der Waals surface area (Å²) in [5.74, 6) is 0.124. The number of hydrogen-bond donors (Lipinski definition) is 1. The molecule has 35 heavy (non-hydrogen) atoms. The second-order valence-corrected chi connectivity index (χ2v) is 11.8. The topological polar surface area (TPSA) is 109 Å². The largest absolute Gasteiger partial charge is 0.341 e. The van der Waals surface area contributed by atoms with Gasteiger partial charge in [0.15, 0.2) is 0 Å². The first-order valence-electron chi connectivity index (χ1n) is 12.1. The van der Waals surface area contributed by atoms with Crippen molar-refractivity contribution >= 4 is 27.5 Å². The number of hydrogen-bond acceptors (Lipinski definition) is 5. The van der Waals surface area contributed by atoms with E-state index in [-0.39, 0.29) is 40.0 Å². The summed E-state index contributed by atoms with van der Waals surface area (Å²) >= 11 is 0. The van der Waals surface area contributed by atoms with Gasteiger partial charge in [0.05, 0.1) is 4.90 Å². The second kappa shape index (κ2) is 9.23. The molecular formula is C25H30N4O5S. The Morgan fingerprint density at radius 2 is 1.69 bits per heavy atom. The minimum Gasteiger partial charge on any atom is -0.341 e. The predicted octanol–water partition coefficient (Wildman–Crippen LogP) is 1.85. The molecule has 186 valence electrons. The first-order valence-corrected chi connectivity index (χ1v) is 13.5. The minimum absolute atomic E-state index is 0.0234. The van der Waals surface area contributed by atoms with Gasteiger partial charge in [-0.25, -0.2) is 8.42 Å². The van der Waals surface area contributed by atoms with Crippen LogP contribution < -0.4 is 10.9 Å². The third kappa shape index (κ3) is 4.64. The molecule has 1 aromatic carbocycles. The van der Waals surface area contributed by atoms with Crippen molar-refractivity contribution in [3.05, 3.63) is 58.5 Å². The molecule has 3 aliphatic heterocycles. The van der Waals surface area contributed by atoms with Crippen LogP contribution in [0.2, 0.25) is 0 Å². The second-order valence-electron chi connectivity index (χ2n) is 9.83. The van der Waals surface area contributed by atoms with E-state index in [9.17, 15) is 22.8 Å².